The normalized spacial score (nSPS) is 12.5. The molecule has 11 N–H and O–H groups in total. The van der Waals surface area contributed by atoms with Gasteiger partial charge in [-0.1, -0.05) is 104 Å². The number of halogens is 7. The summed E-state index contributed by atoms with van der Waals surface area (Å²) in [5.41, 5.74) is 18.3. The van der Waals surface area contributed by atoms with E-state index in [0.29, 0.717) is 45.0 Å². The third-order valence-electron chi connectivity index (χ3n) is 9.23. The average Bonchev–Trinajstić information content (AvgIpc) is 3.98. The topological polar surface area (TPSA) is 431 Å². The van der Waals surface area contributed by atoms with Crippen LogP contribution in [0.4, 0.5) is 51.2 Å². The largest absolute Gasteiger partial charge is 1.00 e. The Morgan fingerprint density at radius 1 is 0.609 bits per heavy atom. The SMILES string of the molecule is C.C.C.C1CCOC1.ClC(Cl)Cl.Nc1cc(Cl)cc([N+](=O)[O-])c1O.Nc1cc(Cl)cc2c1OCC(=O)N2.Nc1cccc2c1OCC(=O)N2.O=C1COc2c(cc(Cl)cc2[N+](=O)[O-])N1.O=C1COc2c(cccc2S(=O)(=O)Cl)N1.O=CO[O-].[CH3-].[H-].[K+].[K+].[Pd]. The summed E-state index contributed by atoms with van der Waals surface area (Å²) in [6, 6.07) is 17.6. The van der Waals surface area contributed by atoms with Gasteiger partial charge < -0.3 is 86.3 Å². The second kappa shape index (κ2) is 46.5. The summed E-state index contributed by atoms with van der Waals surface area (Å²) in [6.45, 7) is 1.42. The van der Waals surface area contributed by atoms with Crippen molar-refractivity contribution in [2.45, 2.75) is 44.3 Å². The quantitative estimate of drug-likeness (QED) is 0.0122. The number of phenolic OH excluding ortho intramolecular Hbond substituents is 1. The molecule has 0 bridgehead atoms. The van der Waals surface area contributed by atoms with E-state index in [0.717, 1.165) is 19.3 Å². The fourth-order valence-corrected chi connectivity index (χ4v) is 7.80. The Hall–Kier alpha value is -3.51. The Bertz CT molecular complexity index is 3210. The Morgan fingerprint density at radius 2 is 0.954 bits per heavy atom. The first-order chi connectivity index (χ1) is 37.7. The molecular weight excluding hydrogens is 1470 g/mol. The molecular formula is C48H57Cl7K2N9O19PdS-. The van der Waals surface area contributed by atoms with Crippen LogP contribution < -0.4 is 165 Å². The number of nitro groups is 2. The van der Waals surface area contributed by atoms with Gasteiger partial charge in [-0.15, -0.1) is 0 Å². The zero-order valence-corrected chi connectivity index (χ0v) is 57.4. The maximum absolute atomic E-state index is 11.2. The molecule has 5 aromatic carbocycles. The van der Waals surface area contributed by atoms with Gasteiger partial charge in [0, 0.05) is 71.5 Å². The molecule has 0 spiro atoms. The molecule has 1 fully saturated rings. The molecule has 5 heterocycles. The van der Waals surface area contributed by atoms with Crippen molar-refractivity contribution in [3.05, 3.63) is 116 Å². The number of anilines is 7. The van der Waals surface area contributed by atoms with Crippen LogP contribution in [0.25, 0.3) is 0 Å². The third kappa shape index (κ3) is 32.4. The Balaban J connectivity index is -0.000000223. The summed E-state index contributed by atoms with van der Waals surface area (Å²) in [5, 5.41) is 49.4. The average molecular weight is 1530 g/mol. The molecule has 39 heteroatoms. The van der Waals surface area contributed by atoms with Gasteiger partial charge in [0.1, 0.15) is 4.90 Å². The van der Waals surface area contributed by atoms with E-state index >= 15 is 0 Å². The van der Waals surface area contributed by atoms with E-state index in [1.54, 1.807) is 30.3 Å². The molecule has 5 aromatic rings. The van der Waals surface area contributed by atoms with Crippen LogP contribution in [0.15, 0.2) is 77.7 Å². The molecule has 0 atom stereocenters. The van der Waals surface area contributed by atoms with Crippen molar-refractivity contribution < 1.29 is 206 Å². The Labute approximate surface area is 634 Å². The number of amides is 4. The van der Waals surface area contributed by atoms with Crippen LogP contribution >= 0.6 is 80.3 Å². The molecule has 4 amide bonds. The zero-order chi connectivity index (χ0) is 59.9. The van der Waals surface area contributed by atoms with Crippen LogP contribution in [0.1, 0.15) is 36.5 Å². The summed E-state index contributed by atoms with van der Waals surface area (Å²) in [7, 11) is 1.35. The van der Waals surface area contributed by atoms with Crippen LogP contribution in [0, 0.1) is 27.7 Å². The molecule has 5 aliphatic rings. The van der Waals surface area contributed by atoms with Gasteiger partial charge in [-0.2, -0.15) is 0 Å². The van der Waals surface area contributed by atoms with Crippen molar-refractivity contribution >= 4 is 171 Å². The fourth-order valence-electron chi connectivity index (χ4n) is 6.15. The zero-order valence-electron chi connectivity index (χ0n) is 44.5. The van der Waals surface area contributed by atoms with Gasteiger partial charge in [0.15, 0.2) is 48.0 Å². The molecule has 0 aliphatic carbocycles. The summed E-state index contributed by atoms with van der Waals surface area (Å²) in [5.74, 6) is -0.394. The standard InChI is InChI=1S/C8H5ClN2O4.C8H7ClN2O2.C8H6ClNO4S.C8H8N2O2.C6H5ClN2O3.C4H8O.CHCl3.CH2O3.3CH4.CH3.2K.Pd.H/c9-4-1-5-8(6(2-4)11(13)14)15-3-7(12)10-5;9-4-1-5(10)8-6(2-4)11-7(12)3-13-8;9-15(12,13)6-3-1-2-5-8(6)14-4-7(11)10-5;9-5-2-1-3-6-8(5)12-4-7(11)10-6;7-3-1-4(8)6(10)5(2-3)9(11)12;1-2-4-5-3-1;2-1(3)4;2-1-4-3;;;;;;;;/h1-2H,3H2,(H,10,12);1-2H,3,10H2,(H,11,12);1-3H,4H2,(H,10,11);1-3H,4,9H2,(H,10,11);1-2,10H,8H2;1-4H2;1H;1,3H;3*1H4;1H3;;;;/q;;;;;;;;;;;-1;2*+1;;-1/p-1. The van der Waals surface area contributed by atoms with E-state index < -0.39 is 34.6 Å². The Kier molecular flexibility index (Phi) is 49.3. The molecule has 10 rings (SSSR count). The number of rotatable bonds is 4. The molecule has 87 heavy (non-hydrogen) atoms. The number of carbonyl (C=O) groups excluding carboxylic acids is 5. The number of alkyl halides is 3. The molecule has 1 saturated heterocycles. The molecule has 0 radical (unpaired) electrons. The van der Waals surface area contributed by atoms with Crippen molar-refractivity contribution in [1.29, 1.82) is 0 Å². The van der Waals surface area contributed by atoms with Gasteiger partial charge in [0.05, 0.1) is 49.7 Å². The minimum absolute atomic E-state index is 0. The van der Waals surface area contributed by atoms with Gasteiger partial charge in [-0.25, -0.2) is 8.42 Å². The van der Waals surface area contributed by atoms with E-state index in [-0.39, 0.29) is 254 Å². The van der Waals surface area contributed by atoms with Crippen LogP contribution in [0.5, 0.6) is 28.7 Å². The number of carbonyl (C=O) groups is 5. The van der Waals surface area contributed by atoms with Crippen LogP contribution in [-0.2, 0) is 63.1 Å². The van der Waals surface area contributed by atoms with E-state index in [4.69, 9.17) is 136 Å². The van der Waals surface area contributed by atoms with Crippen molar-refractivity contribution in [3.8, 4) is 28.7 Å². The number of nitrogens with one attached hydrogen (secondary N) is 4. The first-order valence-electron chi connectivity index (χ1n) is 21.5. The maximum atomic E-state index is 11.2. The van der Waals surface area contributed by atoms with E-state index in [2.05, 4.69) is 26.2 Å². The Morgan fingerprint density at radius 3 is 1.37 bits per heavy atom. The second-order valence-corrected chi connectivity index (χ2v) is 20.8. The molecule has 5 aliphatic heterocycles. The van der Waals surface area contributed by atoms with E-state index in [1.807, 2.05) is 0 Å². The number of ether oxygens (including phenoxy) is 5. The number of nitrogen functional groups attached to an aromatic ring is 3. The number of hydrogen-bond acceptors (Lipinski definition) is 22. The molecule has 28 nitrogen and oxygen atoms in total. The van der Waals surface area contributed by atoms with Crippen molar-refractivity contribution in [1.82, 2.24) is 0 Å². The van der Waals surface area contributed by atoms with Crippen molar-refractivity contribution in [2.75, 3.05) is 78.1 Å². The number of aromatic hydroxyl groups is 1. The van der Waals surface area contributed by atoms with Gasteiger partial charge in [-0.3, -0.25) is 44.2 Å². The number of nitrogens with two attached hydrogens (primary N) is 3. The summed E-state index contributed by atoms with van der Waals surface area (Å²) in [6.07, 6.45) is 2.56. The molecule has 476 valence electrons. The second-order valence-electron chi connectivity index (χ2n) is 15.0. The predicted octanol–water partition coefficient (Wildman–Crippen LogP) is 3.61. The van der Waals surface area contributed by atoms with Crippen molar-refractivity contribution in [2.24, 2.45) is 0 Å². The number of para-hydroxylation sites is 2. The third-order valence-corrected chi connectivity index (χ3v) is 11.2. The number of nitrogens with zero attached hydrogens (tertiary/aromatic N) is 2. The minimum atomic E-state index is -3.87. The number of benzene rings is 5. The summed E-state index contributed by atoms with van der Waals surface area (Å²) in [4.78, 5) is 74.4. The predicted molar refractivity (Wildman–Crippen MR) is 321 cm³/mol. The maximum Gasteiger partial charge on any atom is 1.00 e. The van der Waals surface area contributed by atoms with Crippen LogP contribution in [0.3, 0.4) is 0 Å². The van der Waals surface area contributed by atoms with Gasteiger partial charge in [-0.05, 0) is 61.4 Å². The number of nitro benzene ring substituents is 2. The minimum Gasteiger partial charge on any atom is -1.00 e. The van der Waals surface area contributed by atoms with E-state index in [9.17, 15) is 47.8 Å². The molecule has 0 unspecified atom stereocenters. The molecule has 0 saturated carbocycles. The van der Waals surface area contributed by atoms with E-state index in [1.165, 1.54) is 49.2 Å². The molecule has 0 aromatic heterocycles. The van der Waals surface area contributed by atoms with Gasteiger partial charge >= 0.3 is 114 Å². The van der Waals surface area contributed by atoms with Crippen LogP contribution in [0.2, 0.25) is 15.1 Å². The monoisotopic (exact) mass is 1520 g/mol. The van der Waals surface area contributed by atoms with Gasteiger partial charge in [0.25, 0.3) is 39.2 Å². The van der Waals surface area contributed by atoms with Crippen LogP contribution in [-0.4, -0.2) is 97.4 Å². The first-order valence-corrected chi connectivity index (χ1v) is 26.3. The number of phenols is 1. The smallest absolute Gasteiger partial charge is 1.00 e. The summed E-state index contributed by atoms with van der Waals surface area (Å²) >= 11 is 31.3. The number of fused-ring (bicyclic) bond motifs is 4. The summed E-state index contributed by atoms with van der Waals surface area (Å²) < 4.78 is 46.8. The van der Waals surface area contributed by atoms with Gasteiger partial charge in [0.2, 0.25) is 11.5 Å². The number of hydrogen-bond donors (Lipinski definition) is 8. The fraction of sp³-hybridized carbons (Fsp3) is 0.250. The first kappa shape index (κ1) is 92.2. The van der Waals surface area contributed by atoms with Crippen molar-refractivity contribution in [3.63, 3.8) is 0 Å².